The molecule has 9 heteroatoms. The van der Waals surface area contributed by atoms with Gasteiger partial charge < -0.3 is 19.5 Å². The minimum absolute atomic E-state index is 0.191. The fraction of sp³-hybridized carbons (Fsp3) is 0.500. The third-order valence-electron chi connectivity index (χ3n) is 3.10. The smallest absolute Gasteiger partial charge is 0.231 e. The number of morpholine rings is 1. The topological polar surface area (TPSA) is 81.0 Å². The molecule has 8 nitrogen and oxygen atoms in total. The van der Waals surface area contributed by atoms with Crippen molar-refractivity contribution in [3.63, 3.8) is 0 Å². The molecule has 1 aliphatic rings. The molecule has 0 unspecified atom stereocenters. The van der Waals surface area contributed by atoms with Crippen LogP contribution < -0.4 is 10.2 Å². The van der Waals surface area contributed by atoms with E-state index in [0.717, 1.165) is 19.6 Å². The molecular formula is C12H16ClN7O. The van der Waals surface area contributed by atoms with Gasteiger partial charge >= 0.3 is 0 Å². The zero-order valence-corrected chi connectivity index (χ0v) is 12.2. The summed E-state index contributed by atoms with van der Waals surface area (Å²) in [5, 5.41) is 3.34. The Morgan fingerprint density at radius 3 is 2.86 bits per heavy atom. The number of imidazole rings is 1. The first-order chi connectivity index (χ1) is 10.3. The van der Waals surface area contributed by atoms with Crippen LogP contribution in [0.2, 0.25) is 5.28 Å². The Labute approximate surface area is 127 Å². The number of hydrogen-bond acceptors (Lipinski definition) is 7. The molecule has 1 fully saturated rings. The standard InChI is InChI=1S/C12H16ClN7O/c13-10-16-11(15-2-4-19-3-1-14-9-19)18-12(17-10)20-5-7-21-8-6-20/h1,3,9H,2,4-8H2,(H,15,16,17,18). The van der Waals surface area contributed by atoms with Gasteiger partial charge in [-0.3, -0.25) is 0 Å². The van der Waals surface area contributed by atoms with Crippen LogP contribution in [0.3, 0.4) is 0 Å². The van der Waals surface area contributed by atoms with Gasteiger partial charge in [-0.1, -0.05) is 0 Å². The van der Waals surface area contributed by atoms with Crippen molar-refractivity contribution in [1.29, 1.82) is 0 Å². The van der Waals surface area contributed by atoms with E-state index < -0.39 is 0 Å². The van der Waals surface area contributed by atoms with Crippen LogP contribution in [-0.4, -0.2) is 57.4 Å². The monoisotopic (exact) mass is 309 g/mol. The van der Waals surface area contributed by atoms with Gasteiger partial charge in [-0.05, 0) is 11.6 Å². The molecule has 3 rings (SSSR count). The summed E-state index contributed by atoms with van der Waals surface area (Å²) in [6.45, 7) is 4.32. The largest absolute Gasteiger partial charge is 0.378 e. The average Bonchev–Trinajstić information content (AvgIpc) is 3.01. The van der Waals surface area contributed by atoms with Gasteiger partial charge in [0.05, 0.1) is 19.5 Å². The van der Waals surface area contributed by atoms with Gasteiger partial charge in [-0.15, -0.1) is 0 Å². The van der Waals surface area contributed by atoms with Crippen LogP contribution >= 0.6 is 11.6 Å². The molecule has 2 aromatic heterocycles. The molecule has 0 aliphatic carbocycles. The van der Waals surface area contributed by atoms with Gasteiger partial charge in [0, 0.05) is 38.6 Å². The number of halogens is 1. The second-order valence-electron chi connectivity index (χ2n) is 4.55. The molecule has 0 atom stereocenters. The maximum absolute atomic E-state index is 5.97. The highest BCUT2D eigenvalue weighted by Gasteiger charge is 2.15. The van der Waals surface area contributed by atoms with Gasteiger partial charge in [-0.25, -0.2) is 4.98 Å². The first kappa shape index (κ1) is 14.0. The van der Waals surface area contributed by atoms with Crippen LogP contribution in [0.5, 0.6) is 0 Å². The highest BCUT2D eigenvalue weighted by atomic mass is 35.5. The lowest BCUT2D eigenvalue weighted by Gasteiger charge is -2.26. The zero-order chi connectivity index (χ0) is 14.5. The summed E-state index contributed by atoms with van der Waals surface area (Å²) in [4.78, 5) is 18.7. The Hall–Kier alpha value is -1.93. The fourth-order valence-electron chi connectivity index (χ4n) is 2.04. The molecule has 2 aromatic rings. The van der Waals surface area contributed by atoms with E-state index in [1.54, 1.807) is 12.5 Å². The molecule has 0 saturated carbocycles. The summed E-state index contributed by atoms with van der Waals surface area (Å²) in [6.07, 6.45) is 5.42. The molecule has 1 N–H and O–H groups in total. The first-order valence-corrected chi connectivity index (χ1v) is 7.13. The molecule has 0 aromatic carbocycles. The third kappa shape index (κ3) is 3.79. The SMILES string of the molecule is Clc1nc(NCCn2ccnc2)nc(N2CCOCC2)n1. The molecule has 0 spiro atoms. The zero-order valence-electron chi connectivity index (χ0n) is 11.4. The number of nitrogens with one attached hydrogen (secondary N) is 1. The summed E-state index contributed by atoms with van der Waals surface area (Å²) >= 11 is 5.97. The second kappa shape index (κ2) is 6.68. The Bertz CT molecular complexity index is 571. The third-order valence-corrected chi connectivity index (χ3v) is 3.27. The van der Waals surface area contributed by atoms with Gasteiger partial charge in [0.2, 0.25) is 17.2 Å². The lowest BCUT2D eigenvalue weighted by molar-refractivity contribution is 0.122. The van der Waals surface area contributed by atoms with Crippen molar-refractivity contribution >= 4 is 23.5 Å². The molecule has 0 amide bonds. The Morgan fingerprint density at radius 2 is 2.10 bits per heavy atom. The summed E-state index contributed by atoms with van der Waals surface area (Å²) in [7, 11) is 0. The number of hydrogen-bond donors (Lipinski definition) is 1. The van der Waals surface area contributed by atoms with E-state index in [1.807, 2.05) is 15.7 Å². The normalized spacial score (nSPS) is 15.2. The molecule has 112 valence electrons. The molecule has 21 heavy (non-hydrogen) atoms. The summed E-state index contributed by atoms with van der Waals surface area (Å²) in [6, 6.07) is 0. The molecule has 3 heterocycles. The average molecular weight is 310 g/mol. The van der Waals surface area contributed by atoms with E-state index in [4.69, 9.17) is 16.3 Å². The number of rotatable bonds is 5. The van der Waals surface area contributed by atoms with Crippen LogP contribution in [0.15, 0.2) is 18.7 Å². The van der Waals surface area contributed by atoms with Crippen LogP contribution in [0.1, 0.15) is 0 Å². The van der Waals surface area contributed by atoms with Gasteiger partial charge in [-0.2, -0.15) is 15.0 Å². The van der Waals surface area contributed by atoms with Gasteiger partial charge in [0.25, 0.3) is 0 Å². The van der Waals surface area contributed by atoms with Crippen molar-refractivity contribution < 1.29 is 4.74 Å². The maximum Gasteiger partial charge on any atom is 0.231 e. The second-order valence-corrected chi connectivity index (χ2v) is 4.89. The molecule has 1 aliphatic heterocycles. The predicted octanol–water partition coefficient (Wildman–Crippen LogP) is 0.670. The Balaban J connectivity index is 1.63. The van der Waals surface area contributed by atoms with Crippen molar-refractivity contribution in [1.82, 2.24) is 24.5 Å². The van der Waals surface area contributed by atoms with Crippen LogP contribution in [0.4, 0.5) is 11.9 Å². The minimum Gasteiger partial charge on any atom is -0.378 e. The van der Waals surface area contributed by atoms with Crippen LogP contribution in [0, 0.1) is 0 Å². The van der Waals surface area contributed by atoms with Crippen molar-refractivity contribution in [2.24, 2.45) is 0 Å². The van der Waals surface area contributed by atoms with Crippen molar-refractivity contribution in [2.75, 3.05) is 43.1 Å². The number of anilines is 2. The highest BCUT2D eigenvalue weighted by Crippen LogP contribution is 2.14. The Kier molecular flexibility index (Phi) is 4.46. The van der Waals surface area contributed by atoms with E-state index in [2.05, 4.69) is 25.3 Å². The lowest BCUT2D eigenvalue weighted by atomic mass is 10.4. The lowest BCUT2D eigenvalue weighted by Crippen LogP contribution is -2.37. The molecular weight excluding hydrogens is 294 g/mol. The van der Waals surface area contributed by atoms with Crippen LogP contribution in [0.25, 0.3) is 0 Å². The minimum atomic E-state index is 0.191. The quantitative estimate of drug-likeness (QED) is 0.869. The predicted molar refractivity (Wildman–Crippen MR) is 78.6 cm³/mol. The Morgan fingerprint density at radius 1 is 1.24 bits per heavy atom. The number of aromatic nitrogens is 5. The fourth-order valence-corrected chi connectivity index (χ4v) is 2.19. The van der Waals surface area contributed by atoms with E-state index in [9.17, 15) is 0 Å². The molecule has 0 radical (unpaired) electrons. The molecule has 1 saturated heterocycles. The first-order valence-electron chi connectivity index (χ1n) is 6.75. The summed E-state index contributed by atoms with van der Waals surface area (Å²) < 4.78 is 7.29. The van der Waals surface area contributed by atoms with Gasteiger partial charge in [0.1, 0.15) is 0 Å². The van der Waals surface area contributed by atoms with Crippen molar-refractivity contribution in [3.8, 4) is 0 Å². The van der Waals surface area contributed by atoms with Crippen LogP contribution in [-0.2, 0) is 11.3 Å². The van der Waals surface area contributed by atoms with E-state index in [-0.39, 0.29) is 5.28 Å². The number of nitrogens with zero attached hydrogens (tertiary/aromatic N) is 6. The maximum atomic E-state index is 5.97. The van der Waals surface area contributed by atoms with Crippen molar-refractivity contribution in [3.05, 3.63) is 24.0 Å². The summed E-state index contributed by atoms with van der Waals surface area (Å²) in [5.74, 6) is 1.07. The highest BCUT2D eigenvalue weighted by molar-refractivity contribution is 6.28. The number of ether oxygens (including phenoxy) is 1. The van der Waals surface area contributed by atoms with E-state index >= 15 is 0 Å². The van der Waals surface area contributed by atoms with Gasteiger partial charge in [0.15, 0.2) is 0 Å². The van der Waals surface area contributed by atoms with E-state index in [1.165, 1.54) is 0 Å². The van der Waals surface area contributed by atoms with Crippen molar-refractivity contribution in [2.45, 2.75) is 6.54 Å². The van der Waals surface area contributed by atoms with E-state index in [0.29, 0.717) is 31.7 Å². The summed E-state index contributed by atoms with van der Waals surface area (Å²) in [5.41, 5.74) is 0. The molecule has 0 bridgehead atoms.